The van der Waals surface area contributed by atoms with Crippen LogP contribution >= 0.6 is 11.6 Å². The second kappa shape index (κ2) is 6.20. The van der Waals surface area contributed by atoms with E-state index in [0.717, 1.165) is 12.0 Å². The summed E-state index contributed by atoms with van der Waals surface area (Å²) in [5.74, 6) is 0.448. The van der Waals surface area contributed by atoms with E-state index in [1.807, 2.05) is 6.92 Å². The number of nitrogens with one attached hydrogen (secondary N) is 1. The summed E-state index contributed by atoms with van der Waals surface area (Å²) in [5.41, 5.74) is 0.959. The quantitative estimate of drug-likeness (QED) is 0.351. The van der Waals surface area contributed by atoms with Gasteiger partial charge in [-0.25, -0.2) is 0 Å². The summed E-state index contributed by atoms with van der Waals surface area (Å²) >= 11 is 5.77. The largest absolute Gasteiger partial charge is 0.413 e. The molecule has 20 heavy (non-hydrogen) atoms. The highest BCUT2D eigenvalue weighted by atomic mass is 35.5. The Kier molecular flexibility index (Phi) is 5.50. The Morgan fingerprint density at radius 1 is 1.50 bits per heavy atom. The minimum Gasteiger partial charge on any atom is -0.413 e. The van der Waals surface area contributed by atoms with Gasteiger partial charge in [-0.15, -0.1) is 11.6 Å². The van der Waals surface area contributed by atoms with E-state index in [-0.39, 0.29) is 29.0 Å². The van der Waals surface area contributed by atoms with Gasteiger partial charge in [-0.3, -0.25) is 4.79 Å². The van der Waals surface area contributed by atoms with Gasteiger partial charge in [0.05, 0.1) is 12.0 Å². The zero-order valence-corrected chi connectivity index (χ0v) is 15.3. The van der Waals surface area contributed by atoms with Gasteiger partial charge in [0.25, 0.3) is 0 Å². The van der Waals surface area contributed by atoms with Gasteiger partial charge in [-0.05, 0) is 31.5 Å². The average molecular weight is 318 g/mol. The van der Waals surface area contributed by atoms with Gasteiger partial charge in [0.2, 0.25) is 5.91 Å². The Hall–Kier alpha value is -0.323. The minimum absolute atomic E-state index is 0.0576. The van der Waals surface area contributed by atoms with E-state index < -0.39 is 8.32 Å². The van der Waals surface area contributed by atoms with E-state index >= 15 is 0 Å². The van der Waals surface area contributed by atoms with Crippen LogP contribution in [0.1, 0.15) is 34.1 Å². The lowest BCUT2D eigenvalue weighted by Gasteiger charge is -2.45. The number of rotatable bonds is 6. The lowest BCUT2D eigenvalue weighted by molar-refractivity contribution is -0.139. The SMILES string of the molecule is C=C(CCl)C[C@H]1NC(=O)[C@@H]1[C@@H](C)O[Si](C)(C)C(C)(C)C. The van der Waals surface area contributed by atoms with Gasteiger partial charge >= 0.3 is 0 Å². The van der Waals surface area contributed by atoms with Crippen LogP contribution in [0.15, 0.2) is 12.2 Å². The first-order valence-electron chi connectivity index (χ1n) is 7.20. The van der Waals surface area contributed by atoms with Crippen molar-refractivity contribution in [3.63, 3.8) is 0 Å². The molecule has 3 nitrogen and oxygen atoms in total. The maximum Gasteiger partial charge on any atom is 0.228 e. The molecule has 1 aliphatic rings. The molecule has 1 saturated heterocycles. The predicted molar refractivity (Wildman–Crippen MR) is 87.6 cm³/mol. The number of hydrogen-bond acceptors (Lipinski definition) is 2. The highest BCUT2D eigenvalue weighted by molar-refractivity contribution is 6.74. The van der Waals surface area contributed by atoms with E-state index in [9.17, 15) is 4.79 Å². The summed E-state index contributed by atoms with van der Waals surface area (Å²) in [6.45, 7) is 17.0. The lowest BCUT2D eigenvalue weighted by Crippen LogP contribution is -2.63. The lowest BCUT2D eigenvalue weighted by atomic mass is 9.83. The van der Waals surface area contributed by atoms with E-state index in [1.165, 1.54) is 0 Å². The summed E-state index contributed by atoms with van der Waals surface area (Å²) in [6, 6.07) is 0.119. The Bertz CT molecular complexity index is 390. The van der Waals surface area contributed by atoms with Crippen molar-refractivity contribution in [1.82, 2.24) is 5.32 Å². The summed E-state index contributed by atoms with van der Waals surface area (Å²) in [4.78, 5) is 11.8. The number of β-lactam (4-membered cyclic amide) rings is 1. The molecule has 1 N–H and O–H groups in total. The molecule has 0 bridgehead atoms. The number of halogens is 1. The van der Waals surface area contributed by atoms with Crippen molar-refractivity contribution in [2.75, 3.05) is 5.88 Å². The highest BCUT2D eigenvalue weighted by Gasteiger charge is 2.47. The molecule has 1 amide bonds. The Balaban J connectivity index is 2.68. The number of carbonyl (C=O) groups is 1. The zero-order chi connectivity index (χ0) is 15.7. The standard InChI is InChI=1S/C15H28ClNO2Si/c1-10(9-16)8-12-13(14(18)17-12)11(2)19-20(6,7)15(3,4)5/h11-13H,1,8-9H2,2-7H3,(H,17,18)/t11-,12-,13-/m1/s1. The molecule has 0 aromatic heterocycles. The van der Waals surface area contributed by atoms with Crippen molar-refractivity contribution in [3.05, 3.63) is 12.2 Å². The average Bonchev–Trinajstić information content (AvgIpc) is 2.25. The molecule has 1 fully saturated rings. The predicted octanol–water partition coefficient (Wildman–Crippen LogP) is 3.70. The van der Waals surface area contributed by atoms with Crippen LogP contribution in [0, 0.1) is 5.92 Å². The van der Waals surface area contributed by atoms with Gasteiger partial charge in [0.1, 0.15) is 0 Å². The number of alkyl halides is 1. The molecule has 5 heteroatoms. The maximum absolute atomic E-state index is 11.8. The molecule has 3 atom stereocenters. The van der Waals surface area contributed by atoms with Gasteiger partial charge in [-0.1, -0.05) is 32.9 Å². The van der Waals surface area contributed by atoms with Gasteiger partial charge in [0.15, 0.2) is 8.32 Å². The Morgan fingerprint density at radius 3 is 2.45 bits per heavy atom. The normalized spacial score (nSPS) is 24.9. The van der Waals surface area contributed by atoms with Crippen molar-refractivity contribution in [2.45, 2.75) is 64.4 Å². The molecule has 0 aromatic carbocycles. The fraction of sp³-hybridized carbons (Fsp3) is 0.800. The van der Waals surface area contributed by atoms with Crippen LogP contribution in [0.25, 0.3) is 0 Å². The van der Waals surface area contributed by atoms with Crippen LogP contribution in [0.5, 0.6) is 0 Å². The number of carbonyl (C=O) groups excluding carboxylic acids is 1. The van der Waals surface area contributed by atoms with Crippen LogP contribution in [0.4, 0.5) is 0 Å². The first-order valence-corrected chi connectivity index (χ1v) is 10.6. The topological polar surface area (TPSA) is 38.3 Å². The van der Waals surface area contributed by atoms with E-state index in [2.05, 4.69) is 45.8 Å². The van der Waals surface area contributed by atoms with Crippen molar-refractivity contribution < 1.29 is 9.22 Å². The third kappa shape index (κ3) is 3.86. The van der Waals surface area contributed by atoms with Crippen molar-refractivity contribution in [1.29, 1.82) is 0 Å². The maximum atomic E-state index is 11.8. The monoisotopic (exact) mass is 317 g/mol. The smallest absolute Gasteiger partial charge is 0.228 e. The Labute approximate surface area is 129 Å². The zero-order valence-electron chi connectivity index (χ0n) is 13.5. The van der Waals surface area contributed by atoms with Crippen LogP contribution in [0.2, 0.25) is 18.1 Å². The molecule has 0 radical (unpaired) electrons. The minimum atomic E-state index is -1.85. The molecule has 0 saturated carbocycles. The van der Waals surface area contributed by atoms with Crippen molar-refractivity contribution in [3.8, 4) is 0 Å². The van der Waals surface area contributed by atoms with Crippen LogP contribution < -0.4 is 5.32 Å². The van der Waals surface area contributed by atoms with Crippen LogP contribution in [0.3, 0.4) is 0 Å². The second-order valence-corrected chi connectivity index (χ2v) is 12.3. The molecule has 1 rings (SSSR count). The number of hydrogen-bond donors (Lipinski definition) is 1. The summed E-state index contributed by atoms with van der Waals surface area (Å²) < 4.78 is 6.34. The Morgan fingerprint density at radius 2 is 2.05 bits per heavy atom. The van der Waals surface area contributed by atoms with Gasteiger partial charge in [0, 0.05) is 11.9 Å². The fourth-order valence-corrected chi connectivity index (χ4v) is 3.79. The molecule has 1 aliphatic heterocycles. The van der Waals surface area contributed by atoms with E-state index in [1.54, 1.807) is 0 Å². The molecule has 0 aliphatic carbocycles. The second-order valence-electron chi connectivity index (χ2n) is 7.31. The van der Waals surface area contributed by atoms with E-state index in [0.29, 0.717) is 5.88 Å². The molecule has 0 spiro atoms. The summed E-state index contributed by atoms with van der Waals surface area (Å²) in [6.07, 6.45) is 0.684. The van der Waals surface area contributed by atoms with Gasteiger partial charge < -0.3 is 9.74 Å². The molecular weight excluding hydrogens is 290 g/mol. The van der Waals surface area contributed by atoms with Gasteiger partial charge in [-0.2, -0.15) is 0 Å². The molecule has 0 aromatic rings. The molecule has 116 valence electrons. The fourth-order valence-electron chi connectivity index (χ4n) is 2.25. The summed E-state index contributed by atoms with van der Waals surface area (Å²) in [5, 5.41) is 3.09. The first kappa shape index (κ1) is 17.7. The van der Waals surface area contributed by atoms with Crippen LogP contribution in [-0.2, 0) is 9.22 Å². The van der Waals surface area contributed by atoms with Crippen molar-refractivity contribution >= 4 is 25.8 Å². The third-order valence-corrected chi connectivity index (χ3v) is 9.51. The summed E-state index contributed by atoms with van der Waals surface area (Å²) in [7, 11) is -1.85. The molecular formula is C15H28ClNO2Si. The van der Waals surface area contributed by atoms with Crippen LogP contribution in [-0.4, -0.2) is 32.3 Å². The van der Waals surface area contributed by atoms with E-state index in [4.69, 9.17) is 16.0 Å². The molecule has 0 unspecified atom stereocenters. The number of amides is 1. The third-order valence-electron chi connectivity index (χ3n) is 4.55. The highest BCUT2D eigenvalue weighted by Crippen LogP contribution is 2.39. The first-order chi connectivity index (χ1) is 8.99. The molecule has 1 heterocycles. The van der Waals surface area contributed by atoms with Crippen molar-refractivity contribution in [2.24, 2.45) is 5.92 Å².